The minimum absolute atomic E-state index is 0.339. The molecule has 0 atom stereocenters. The summed E-state index contributed by atoms with van der Waals surface area (Å²) in [7, 11) is -3.55. The molecule has 4 rings (SSSR count). The summed E-state index contributed by atoms with van der Waals surface area (Å²) in [4.78, 5) is 0.339. The summed E-state index contributed by atoms with van der Waals surface area (Å²) < 4.78 is 27.9. The number of hydrogen-bond acceptors (Lipinski definition) is 2. The summed E-state index contributed by atoms with van der Waals surface area (Å²) in [6.45, 7) is 2.46. The smallest absolute Gasteiger partial charge is 0.264 e. The first-order chi connectivity index (χ1) is 13.1. The lowest BCUT2D eigenvalue weighted by Gasteiger charge is -2.37. The van der Waals surface area contributed by atoms with E-state index in [0.717, 1.165) is 34.4 Å². The molecule has 136 valence electrons. The fraction of sp³-hybridized carbons (Fsp3) is 0.130. The summed E-state index contributed by atoms with van der Waals surface area (Å²) >= 11 is 0. The van der Waals surface area contributed by atoms with Gasteiger partial charge in [0.2, 0.25) is 0 Å². The minimum Gasteiger partial charge on any atom is -0.269 e. The van der Waals surface area contributed by atoms with Gasteiger partial charge in [-0.3, -0.25) is 4.31 Å². The topological polar surface area (TPSA) is 37.4 Å². The molecule has 3 aromatic rings. The van der Waals surface area contributed by atoms with E-state index in [2.05, 4.69) is 0 Å². The van der Waals surface area contributed by atoms with Gasteiger partial charge in [0.05, 0.1) is 4.90 Å². The number of aryl methyl sites for hydroxylation is 1. The molecule has 4 heteroatoms. The van der Waals surface area contributed by atoms with Crippen molar-refractivity contribution in [2.45, 2.75) is 18.2 Å². The molecule has 1 heterocycles. The van der Waals surface area contributed by atoms with Crippen LogP contribution < -0.4 is 0 Å². The van der Waals surface area contributed by atoms with Crippen LogP contribution in [0.2, 0.25) is 0 Å². The summed E-state index contributed by atoms with van der Waals surface area (Å²) in [6.07, 6.45) is 0.740. The Kier molecular flexibility index (Phi) is 4.58. The Hall–Kier alpha value is -2.85. The van der Waals surface area contributed by atoms with E-state index in [0.29, 0.717) is 11.4 Å². The molecule has 0 amide bonds. The third-order valence-corrected chi connectivity index (χ3v) is 6.73. The molecule has 1 fully saturated rings. The van der Waals surface area contributed by atoms with Crippen LogP contribution in [0.3, 0.4) is 0 Å². The van der Waals surface area contributed by atoms with Crippen molar-refractivity contribution in [1.82, 2.24) is 4.31 Å². The highest BCUT2D eigenvalue weighted by atomic mass is 32.2. The van der Waals surface area contributed by atoms with Crippen molar-refractivity contribution in [1.29, 1.82) is 0 Å². The van der Waals surface area contributed by atoms with E-state index in [-0.39, 0.29) is 0 Å². The lowest BCUT2D eigenvalue weighted by atomic mass is 9.92. The van der Waals surface area contributed by atoms with Gasteiger partial charge in [-0.15, -0.1) is 0 Å². The second kappa shape index (κ2) is 7.05. The van der Waals surface area contributed by atoms with E-state index >= 15 is 0 Å². The van der Waals surface area contributed by atoms with Crippen LogP contribution in [0.1, 0.15) is 23.1 Å². The fourth-order valence-electron chi connectivity index (χ4n) is 3.38. The average Bonchev–Trinajstić information content (AvgIpc) is 2.66. The van der Waals surface area contributed by atoms with Crippen molar-refractivity contribution >= 4 is 15.6 Å². The highest BCUT2D eigenvalue weighted by Crippen LogP contribution is 2.38. The number of rotatable bonds is 4. The number of hydrogen-bond donors (Lipinski definition) is 0. The molecule has 0 aliphatic carbocycles. The average molecular weight is 375 g/mol. The summed E-state index contributed by atoms with van der Waals surface area (Å²) in [5.41, 5.74) is 4.94. The van der Waals surface area contributed by atoms with Gasteiger partial charge in [-0.2, -0.15) is 0 Å². The van der Waals surface area contributed by atoms with Gasteiger partial charge in [0.1, 0.15) is 0 Å². The van der Waals surface area contributed by atoms with E-state index in [1.165, 1.54) is 0 Å². The molecule has 0 spiro atoms. The molecule has 0 saturated carbocycles. The molecular weight excluding hydrogens is 354 g/mol. The standard InChI is InChI=1S/C23H21NO2S/c1-18-12-14-21(15-13-18)27(25,26)24-17-16-22(24)23(19-8-4-2-5-9-19)20-10-6-3-7-11-20/h2-15H,16-17H2,1H3. The zero-order valence-corrected chi connectivity index (χ0v) is 16.0. The molecule has 27 heavy (non-hydrogen) atoms. The van der Waals surface area contributed by atoms with Gasteiger partial charge < -0.3 is 0 Å². The Balaban J connectivity index is 1.84. The van der Waals surface area contributed by atoms with Gasteiger partial charge in [0.25, 0.3) is 10.0 Å². The maximum Gasteiger partial charge on any atom is 0.264 e. The zero-order chi connectivity index (χ0) is 18.9. The molecule has 0 unspecified atom stereocenters. The van der Waals surface area contributed by atoms with Crippen LogP contribution in [-0.2, 0) is 10.0 Å². The van der Waals surface area contributed by atoms with E-state index in [9.17, 15) is 8.42 Å². The molecule has 1 aliphatic heterocycles. The first-order valence-corrected chi connectivity index (χ1v) is 10.4. The monoisotopic (exact) mass is 375 g/mol. The van der Waals surface area contributed by atoms with Crippen LogP contribution in [0.25, 0.3) is 5.57 Å². The summed E-state index contributed by atoms with van der Waals surface area (Å²) in [5.74, 6) is 0. The Morgan fingerprint density at radius 3 is 1.74 bits per heavy atom. The summed E-state index contributed by atoms with van der Waals surface area (Å²) in [6, 6.07) is 27.0. The maximum absolute atomic E-state index is 13.2. The van der Waals surface area contributed by atoms with Crippen molar-refractivity contribution in [3.05, 3.63) is 107 Å². The lowest BCUT2D eigenvalue weighted by Crippen LogP contribution is -2.40. The van der Waals surface area contributed by atoms with Crippen LogP contribution in [0.4, 0.5) is 0 Å². The van der Waals surface area contributed by atoms with Crippen molar-refractivity contribution in [3.63, 3.8) is 0 Å². The Morgan fingerprint density at radius 2 is 1.30 bits per heavy atom. The van der Waals surface area contributed by atoms with Crippen LogP contribution in [0.5, 0.6) is 0 Å². The number of nitrogens with zero attached hydrogens (tertiary/aromatic N) is 1. The molecule has 3 aromatic carbocycles. The molecule has 1 saturated heterocycles. The van der Waals surface area contributed by atoms with E-state index in [4.69, 9.17) is 0 Å². The largest absolute Gasteiger partial charge is 0.269 e. The molecule has 0 bridgehead atoms. The van der Waals surface area contributed by atoms with Gasteiger partial charge in [0.15, 0.2) is 0 Å². The first kappa shape index (κ1) is 17.6. The van der Waals surface area contributed by atoms with Gasteiger partial charge in [-0.1, -0.05) is 78.4 Å². The van der Waals surface area contributed by atoms with Crippen LogP contribution >= 0.6 is 0 Å². The van der Waals surface area contributed by atoms with Gasteiger partial charge in [-0.25, -0.2) is 8.42 Å². The predicted octanol–water partition coefficient (Wildman–Crippen LogP) is 4.85. The second-order valence-corrected chi connectivity index (χ2v) is 8.56. The second-order valence-electron chi connectivity index (χ2n) is 6.69. The van der Waals surface area contributed by atoms with E-state index in [1.807, 2.05) is 79.7 Å². The molecular formula is C23H21NO2S. The zero-order valence-electron chi connectivity index (χ0n) is 15.2. The highest BCUT2D eigenvalue weighted by Gasteiger charge is 2.35. The molecule has 0 radical (unpaired) electrons. The quantitative estimate of drug-likeness (QED) is 0.654. The molecule has 3 nitrogen and oxygen atoms in total. The minimum atomic E-state index is -3.55. The van der Waals surface area contributed by atoms with Crippen LogP contribution in [0.15, 0.2) is 95.5 Å². The van der Waals surface area contributed by atoms with E-state index < -0.39 is 10.0 Å². The number of benzene rings is 3. The SMILES string of the molecule is Cc1ccc(S(=O)(=O)N2CCC2=C(c2ccccc2)c2ccccc2)cc1. The third-order valence-electron chi connectivity index (χ3n) is 4.88. The molecule has 0 aromatic heterocycles. The Bertz CT molecular complexity index is 1030. The summed E-state index contributed by atoms with van der Waals surface area (Å²) in [5, 5.41) is 0. The van der Waals surface area contributed by atoms with Crippen LogP contribution in [0, 0.1) is 6.92 Å². The highest BCUT2D eigenvalue weighted by molar-refractivity contribution is 7.89. The maximum atomic E-state index is 13.2. The van der Waals surface area contributed by atoms with Crippen molar-refractivity contribution < 1.29 is 8.42 Å². The van der Waals surface area contributed by atoms with E-state index in [1.54, 1.807) is 16.4 Å². The van der Waals surface area contributed by atoms with Gasteiger partial charge in [0, 0.05) is 24.2 Å². The van der Waals surface area contributed by atoms with Gasteiger partial charge in [-0.05, 0) is 30.2 Å². The first-order valence-electron chi connectivity index (χ1n) is 9.01. The number of sulfonamides is 1. The molecule has 0 N–H and O–H groups in total. The normalized spacial score (nSPS) is 14.0. The Labute approximate surface area is 160 Å². The van der Waals surface area contributed by atoms with Crippen molar-refractivity contribution in [2.75, 3.05) is 6.54 Å². The van der Waals surface area contributed by atoms with Crippen molar-refractivity contribution in [3.8, 4) is 0 Å². The predicted molar refractivity (Wildman–Crippen MR) is 109 cm³/mol. The Morgan fingerprint density at radius 1 is 0.778 bits per heavy atom. The third kappa shape index (κ3) is 3.28. The van der Waals surface area contributed by atoms with Gasteiger partial charge >= 0.3 is 0 Å². The van der Waals surface area contributed by atoms with Crippen molar-refractivity contribution in [2.24, 2.45) is 0 Å². The van der Waals surface area contributed by atoms with Crippen LogP contribution in [-0.4, -0.2) is 19.3 Å². The lowest BCUT2D eigenvalue weighted by molar-refractivity contribution is 0.391. The molecule has 1 aliphatic rings. The fourth-order valence-corrected chi connectivity index (χ4v) is 4.92.